The van der Waals surface area contributed by atoms with Crippen LogP contribution in [0, 0.1) is 17.2 Å². The molecule has 4 nitrogen and oxygen atoms in total. The van der Waals surface area contributed by atoms with E-state index in [4.69, 9.17) is 5.26 Å². The fraction of sp³-hybridized carbons (Fsp3) is 0.923. The zero-order chi connectivity index (χ0) is 14.9. The Balaban J connectivity index is 1.95. The molecule has 2 aliphatic heterocycles. The van der Waals surface area contributed by atoms with Gasteiger partial charge in [0, 0.05) is 19.5 Å². The van der Waals surface area contributed by atoms with Crippen LogP contribution >= 0.6 is 0 Å². The van der Waals surface area contributed by atoms with Gasteiger partial charge in [-0.15, -0.1) is 0 Å². The van der Waals surface area contributed by atoms with Crippen LogP contribution in [-0.2, 0) is 0 Å². The van der Waals surface area contributed by atoms with Gasteiger partial charge in [0.1, 0.15) is 6.04 Å². The van der Waals surface area contributed by atoms with Crippen molar-refractivity contribution < 1.29 is 13.2 Å². The number of alkyl halides is 3. The molecule has 0 radical (unpaired) electrons. The summed E-state index contributed by atoms with van der Waals surface area (Å²) in [5.74, 6) is -1.16. The molecule has 2 rings (SSSR count). The van der Waals surface area contributed by atoms with E-state index in [-0.39, 0.29) is 25.0 Å². The third-order valence-electron chi connectivity index (χ3n) is 4.48. The molecule has 2 aliphatic rings. The fourth-order valence-corrected chi connectivity index (χ4v) is 3.21. The molecule has 2 saturated heterocycles. The van der Waals surface area contributed by atoms with Crippen LogP contribution in [-0.4, -0.2) is 66.9 Å². The van der Waals surface area contributed by atoms with Crippen molar-refractivity contribution in [2.75, 3.05) is 33.9 Å². The molecular formula is C13H21F3N4. The Bertz CT molecular complexity index is 371. The van der Waals surface area contributed by atoms with Crippen LogP contribution in [0.4, 0.5) is 13.2 Å². The smallest absolute Gasteiger partial charge is 0.288 e. The standard InChI is InChI=1S/C13H21F3N4/c1-18-9-19(2)12(7-11(18)8-17)20-5-3-10(4-6-20)13(14,15)16/h10-12H,3-7,9H2,1-2H3. The van der Waals surface area contributed by atoms with Crippen LogP contribution < -0.4 is 0 Å². The highest BCUT2D eigenvalue weighted by Gasteiger charge is 2.43. The summed E-state index contributed by atoms with van der Waals surface area (Å²) in [4.78, 5) is 6.18. The van der Waals surface area contributed by atoms with Crippen molar-refractivity contribution in [3.63, 3.8) is 0 Å². The number of nitrogens with zero attached hydrogens (tertiary/aromatic N) is 4. The summed E-state index contributed by atoms with van der Waals surface area (Å²) in [5.41, 5.74) is 0. The molecule has 2 atom stereocenters. The van der Waals surface area contributed by atoms with Crippen LogP contribution in [0.25, 0.3) is 0 Å². The number of nitriles is 1. The predicted octanol–water partition coefficient (Wildman–Crippen LogP) is 1.70. The van der Waals surface area contributed by atoms with Gasteiger partial charge in [0.15, 0.2) is 0 Å². The fourth-order valence-electron chi connectivity index (χ4n) is 3.21. The van der Waals surface area contributed by atoms with Gasteiger partial charge in [0.2, 0.25) is 0 Å². The van der Waals surface area contributed by atoms with Crippen molar-refractivity contribution in [1.82, 2.24) is 14.7 Å². The second-order valence-corrected chi connectivity index (χ2v) is 5.87. The SMILES string of the molecule is CN1CN(C)C(N2CCC(C(F)(F)F)CC2)CC1C#N. The molecule has 0 aromatic carbocycles. The lowest BCUT2D eigenvalue weighted by Crippen LogP contribution is -2.59. The van der Waals surface area contributed by atoms with E-state index in [9.17, 15) is 13.2 Å². The summed E-state index contributed by atoms with van der Waals surface area (Å²) in [6.07, 6.45) is -2.99. The van der Waals surface area contributed by atoms with Crippen molar-refractivity contribution >= 4 is 0 Å². The van der Waals surface area contributed by atoms with E-state index >= 15 is 0 Å². The third kappa shape index (κ3) is 3.25. The van der Waals surface area contributed by atoms with Gasteiger partial charge in [-0.25, -0.2) is 0 Å². The van der Waals surface area contributed by atoms with E-state index in [1.54, 1.807) is 0 Å². The topological polar surface area (TPSA) is 33.5 Å². The number of hydrogen-bond donors (Lipinski definition) is 0. The Hall–Kier alpha value is -0.840. The van der Waals surface area contributed by atoms with Gasteiger partial charge >= 0.3 is 6.18 Å². The van der Waals surface area contributed by atoms with E-state index in [1.807, 2.05) is 19.0 Å². The average Bonchev–Trinajstić information content (AvgIpc) is 2.38. The van der Waals surface area contributed by atoms with E-state index in [0.29, 0.717) is 26.2 Å². The average molecular weight is 290 g/mol. The molecular weight excluding hydrogens is 269 g/mol. The molecule has 114 valence electrons. The molecule has 2 unspecified atom stereocenters. The van der Waals surface area contributed by atoms with Crippen molar-refractivity contribution in [2.45, 2.75) is 37.6 Å². The highest BCUT2D eigenvalue weighted by molar-refractivity contribution is 4.97. The predicted molar refractivity (Wildman–Crippen MR) is 68.6 cm³/mol. The first-order chi connectivity index (χ1) is 9.32. The van der Waals surface area contributed by atoms with Gasteiger partial charge in [0.25, 0.3) is 0 Å². The van der Waals surface area contributed by atoms with E-state index in [0.717, 1.165) is 0 Å². The Morgan fingerprint density at radius 1 is 1.10 bits per heavy atom. The van der Waals surface area contributed by atoms with Crippen LogP contribution in [0.2, 0.25) is 0 Å². The molecule has 0 aromatic rings. The monoisotopic (exact) mass is 290 g/mol. The van der Waals surface area contributed by atoms with Crippen molar-refractivity contribution in [1.29, 1.82) is 5.26 Å². The summed E-state index contributed by atoms with van der Waals surface area (Å²) in [6.45, 7) is 1.59. The maximum Gasteiger partial charge on any atom is 0.391 e. The van der Waals surface area contributed by atoms with Crippen molar-refractivity contribution in [3.8, 4) is 6.07 Å². The number of hydrogen-bond acceptors (Lipinski definition) is 4. The van der Waals surface area contributed by atoms with Gasteiger partial charge in [-0.1, -0.05) is 0 Å². The summed E-state index contributed by atoms with van der Waals surface area (Å²) < 4.78 is 38.0. The molecule has 2 fully saturated rings. The molecule has 0 aliphatic carbocycles. The normalized spacial score (nSPS) is 32.2. The molecule has 7 heteroatoms. The lowest BCUT2D eigenvalue weighted by molar-refractivity contribution is -0.189. The van der Waals surface area contributed by atoms with Gasteiger partial charge in [-0.2, -0.15) is 18.4 Å². The van der Waals surface area contributed by atoms with Crippen LogP contribution in [0.1, 0.15) is 19.3 Å². The third-order valence-corrected chi connectivity index (χ3v) is 4.48. The summed E-state index contributed by atoms with van der Waals surface area (Å²) in [7, 11) is 3.86. The molecule has 0 aromatic heterocycles. The van der Waals surface area contributed by atoms with E-state index in [1.165, 1.54) is 0 Å². The van der Waals surface area contributed by atoms with E-state index in [2.05, 4.69) is 15.9 Å². The second-order valence-electron chi connectivity index (χ2n) is 5.87. The lowest BCUT2D eigenvalue weighted by Gasteiger charge is -2.47. The summed E-state index contributed by atoms with van der Waals surface area (Å²) in [6, 6.07) is 2.11. The molecule has 0 N–H and O–H groups in total. The highest BCUT2D eigenvalue weighted by Crippen LogP contribution is 2.35. The van der Waals surface area contributed by atoms with Crippen molar-refractivity contribution in [2.24, 2.45) is 5.92 Å². The molecule has 0 saturated carbocycles. The highest BCUT2D eigenvalue weighted by atomic mass is 19.4. The van der Waals surface area contributed by atoms with Crippen LogP contribution in [0.15, 0.2) is 0 Å². The number of halogens is 3. The first-order valence-corrected chi connectivity index (χ1v) is 6.93. The molecule has 0 spiro atoms. The molecule has 20 heavy (non-hydrogen) atoms. The number of piperidine rings is 1. The second kappa shape index (κ2) is 5.88. The number of rotatable bonds is 1. The van der Waals surface area contributed by atoms with Gasteiger partial charge in [-0.3, -0.25) is 14.7 Å². The lowest BCUT2D eigenvalue weighted by atomic mass is 9.95. The first-order valence-electron chi connectivity index (χ1n) is 6.93. The summed E-state index contributed by atoms with van der Waals surface area (Å²) >= 11 is 0. The Morgan fingerprint density at radius 3 is 2.20 bits per heavy atom. The van der Waals surface area contributed by atoms with Crippen molar-refractivity contribution in [3.05, 3.63) is 0 Å². The van der Waals surface area contributed by atoms with Crippen LogP contribution in [0.5, 0.6) is 0 Å². The minimum absolute atomic E-state index is 0.0741. The molecule has 0 bridgehead atoms. The minimum Gasteiger partial charge on any atom is -0.288 e. The zero-order valence-corrected chi connectivity index (χ0v) is 11.9. The maximum atomic E-state index is 12.7. The minimum atomic E-state index is -4.07. The Kier molecular flexibility index (Phi) is 4.57. The molecule has 2 heterocycles. The quantitative estimate of drug-likeness (QED) is 0.736. The van der Waals surface area contributed by atoms with Gasteiger partial charge in [-0.05, 0) is 26.9 Å². The number of likely N-dealkylation sites (tertiary alicyclic amines) is 1. The largest absolute Gasteiger partial charge is 0.391 e. The van der Waals surface area contributed by atoms with Gasteiger partial charge < -0.3 is 0 Å². The zero-order valence-electron chi connectivity index (χ0n) is 11.9. The Labute approximate surface area is 117 Å². The van der Waals surface area contributed by atoms with E-state index < -0.39 is 12.1 Å². The molecule has 0 amide bonds. The maximum absolute atomic E-state index is 12.7. The Morgan fingerprint density at radius 2 is 1.70 bits per heavy atom. The summed E-state index contributed by atoms with van der Waals surface area (Å²) in [5, 5.41) is 9.14. The van der Waals surface area contributed by atoms with Crippen LogP contribution in [0.3, 0.4) is 0 Å². The van der Waals surface area contributed by atoms with Gasteiger partial charge in [0.05, 0.1) is 24.8 Å². The first kappa shape index (κ1) is 15.5.